The van der Waals surface area contributed by atoms with Crippen LogP contribution in [0.2, 0.25) is 0 Å². The predicted octanol–water partition coefficient (Wildman–Crippen LogP) is 2.86. The normalized spacial score (nSPS) is 12.5. The van der Waals surface area contributed by atoms with Crippen molar-refractivity contribution in [2.24, 2.45) is 0 Å². The van der Waals surface area contributed by atoms with Crippen LogP contribution in [0.3, 0.4) is 0 Å². The van der Waals surface area contributed by atoms with Crippen molar-refractivity contribution in [2.45, 2.75) is 25.8 Å². The third-order valence-electron chi connectivity index (χ3n) is 3.09. The molecular weight excluding hydrogens is 222 g/mol. The molecule has 0 amide bonds. The number of hydrogen-bond donors (Lipinski definition) is 1. The summed E-state index contributed by atoms with van der Waals surface area (Å²) >= 11 is 0. The highest BCUT2D eigenvalue weighted by Crippen LogP contribution is 2.20. The Labute approximate surface area is 109 Å². The van der Waals surface area contributed by atoms with E-state index in [0.717, 1.165) is 19.5 Å². The Morgan fingerprint density at radius 3 is 2.72 bits per heavy atom. The van der Waals surface area contributed by atoms with Crippen molar-refractivity contribution in [1.29, 1.82) is 0 Å². The summed E-state index contributed by atoms with van der Waals surface area (Å²) in [6, 6.07) is 11.0. The predicted molar refractivity (Wildman–Crippen MR) is 74.6 cm³/mol. The maximum atomic E-state index is 4.16. The highest BCUT2D eigenvalue weighted by atomic mass is 15.1. The van der Waals surface area contributed by atoms with E-state index in [2.05, 4.69) is 52.1 Å². The molecule has 2 rings (SSSR count). The van der Waals surface area contributed by atoms with Gasteiger partial charge in [-0.05, 0) is 31.5 Å². The van der Waals surface area contributed by atoms with E-state index in [9.17, 15) is 0 Å². The molecule has 2 aromatic rings. The number of aromatic nitrogens is 2. The molecule has 0 spiro atoms. The Hall–Kier alpha value is -1.61. The Balaban J connectivity index is 2.05. The summed E-state index contributed by atoms with van der Waals surface area (Å²) in [5.41, 5.74) is 1.34. The number of nitrogens with one attached hydrogen (secondary N) is 1. The van der Waals surface area contributed by atoms with Crippen LogP contribution >= 0.6 is 0 Å². The van der Waals surface area contributed by atoms with Gasteiger partial charge in [-0.15, -0.1) is 0 Å². The Morgan fingerprint density at radius 2 is 2.06 bits per heavy atom. The molecule has 1 heterocycles. The van der Waals surface area contributed by atoms with Gasteiger partial charge in [-0.2, -0.15) is 0 Å². The lowest BCUT2D eigenvalue weighted by Crippen LogP contribution is -2.20. The lowest BCUT2D eigenvalue weighted by Gasteiger charge is -2.19. The number of hydrogen-bond acceptors (Lipinski definition) is 2. The van der Waals surface area contributed by atoms with Crippen molar-refractivity contribution >= 4 is 0 Å². The average molecular weight is 243 g/mol. The average Bonchev–Trinajstić information content (AvgIpc) is 2.94. The SMILES string of the molecule is CCCNCCC(c1ccccc1)n1ccnc1. The van der Waals surface area contributed by atoms with Crippen LogP contribution < -0.4 is 5.32 Å². The van der Waals surface area contributed by atoms with E-state index in [1.807, 2.05) is 18.7 Å². The molecule has 0 fully saturated rings. The second-order valence-corrected chi connectivity index (χ2v) is 4.48. The summed E-state index contributed by atoms with van der Waals surface area (Å²) in [6.07, 6.45) is 8.05. The number of benzene rings is 1. The molecule has 1 aromatic carbocycles. The molecule has 18 heavy (non-hydrogen) atoms. The highest BCUT2D eigenvalue weighted by molar-refractivity contribution is 5.20. The van der Waals surface area contributed by atoms with Gasteiger partial charge in [0.25, 0.3) is 0 Å². The standard InChI is InChI=1S/C15H21N3/c1-2-9-16-10-8-15(18-12-11-17-13-18)14-6-4-3-5-7-14/h3-7,11-13,15-16H,2,8-10H2,1H3. The van der Waals surface area contributed by atoms with Gasteiger partial charge >= 0.3 is 0 Å². The molecule has 0 radical (unpaired) electrons. The summed E-state index contributed by atoms with van der Waals surface area (Å²) in [7, 11) is 0. The van der Waals surface area contributed by atoms with E-state index in [1.165, 1.54) is 12.0 Å². The van der Waals surface area contributed by atoms with Gasteiger partial charge in [0, 0.05) is 12.4 Å². The summed E-state index contributed by atoms with van der Waals surface area (Å²) in [5.74, 6) is 0. The minimum Gasteiger partial charge on any atom is -0.330 e. The van der Waals surface area contributed by atoms with Gasteiger partial charge in [-0.3, -0.25) is 0 Å². The number of imidazole rings is 1. The Kier molecular flexibility index (Phi) is 4.97. The smallest absolute Gasteiger partial charge is 0.0951 e. The van der Waals surface area contributed by atoms with Crippen molar-refractivity contribution in [3.8, 4) is 0 Å². The second kappa shape index (κ2) is 6.97. The molecule has 0 aliphatic rings. The van der Waals surface area contributed by atoms with Gasteiger partial charge in [0.05, 0.1) is 12.4 Å². The third kappa shape index (κ3) is 3.44. The minimum absolute atomic E-state index is 0.373. The van der Waals surface area contributed by atoms with Gasteiger partial charge in [0.15, 0.2) is 0 Å². The highest BCUT2D eigenvalue weighted by Gasteiger charge is 2.11. The molecule has 0 saturated carbocycles. The van der Waals surface area contributed by atoms with Crippen molar-refractivity contribution in [3.63, 3.8) is 0 Å². The fraction of sp³-hybridized carbons (Fsp3) is 0.400. The second-order valence-electron chi connectivity index (χ2n) is 4.48. The van der Waals surface area contributed by atoms with E-state index in [4.69, 9.17) is 0 Å². The van der Waals surface area contributed by atoms with Gasteiger partial charge < -0.3 is 9.88 Å². The lowest BCUT2D eigenvalue weighted by atomic mass is 10.0. The molecular formula is C15H21N3. The van der Waals surface area contributed by atoms with Crippen molar-refractivity contribution in [2.75, 3.05) is 13.1 Å². The maximum absolute atomic E-state index is 4.16. The summed E-state index contributed by atoms with van der Waals surface area (Å²) < 4.78 is 2.18. The largest absolute Gasteiger partial charge is 0.330 e. The topological polar surface area (TPSA) is 29.9 Å². The van der Waals surface area contributed by atoms with E-state index >= 15 is 0 Å². The first-order valence-electron chi connectivity index (χ1n) is 6.65. The van der Waals surface area contributed by atoms with Crippen LogP contribution in [0.4, 0.5) is 0 Å². The van der Waals surface area contributed by atoms with Crippen LogP contribution in [0.25, 0.3) is 0 Å². The molecule has 1 aromatic heterocycles. The molecule has 0 saturated heterocycles. The van der Waals surface area contributed by atoms with Crippen LogP contribution in [0.5, 0.6) is 0 Å². The zero-order valence-corrected chi connectivity index (χ0v) is 10.9. The van der Waals surface area contributed by atoms with Gasteiger partial charge in [0.1, 0.15) is 0 Å². The molecule has 3 heteroatoms. The quantitative estimate of drug-likeness (QED) is 0.758. The molecule has 3 nitrogen and oxygen atoms in total. The molecule has 0 aliphatic heterocycles. The summed E-state index contributed by atoms with van der Waals surface area (Å²) in [4.78, 5) is 4.16. The van der Waals surface area contributed by atoms with Crippen molar-refractivity contribution in [3.05, 3.63) is 54.6 Å². The monoisotopic (exact) mass is 243 g/mol. The fourth-order valence-corrected chi connectivity index (χ4v) is 2.16. The Bertz CT molecular complexity index is 422. The first-order chi connectivity index (χ1) is 8.92. The number of nitrogens with zero attached hydrogens (tertiary/aromatic N) is 2. The van der Waals surface area contributed by atoms with Crippen LogP contribution in [0, 0.1) is 0 Å². The lowest BCUT2D eigenvalue weighted by molar-refractivity contribution is 0.509. The summed E-state index contributed by atoms with van der Waals surface area (Å²) in [5, 5.41) is 3.46. The first-order valence-corrected chi connectivity index (χ1v) is 6.65. The van der Waals surface area contributed by atoms with Gasteiger partial charge in [-0.25, -0.2) is 4.98 Å². The summed E-state index contributed by atoms with van der Waals surface area (Å²) in [6.45, 7) is 4.31. The molecule has 1 unspecified atom stereocenters. The maximum Gasteiger partial charge on any atom is 0.0951 e. The zero-order valence-electron chi connectivity index (χ0n) is 10.9. The van der Waals surface area contributed by atoms with Crippen LogP contribution in [-0.2, 0) is 0 Å². The van der Waals surface area contributed by atoms with Crippen molar-refractivity contribution in [1.82, 2.24) is 14.9 Å². The van der Waals surface area contributed by atoms with E-state index < -0.39 is 0 Å². The molecule has 1 N–H and O–H groups in total. The van der Waals surface area contributed by atoms with E-state index in [0.29, 0.717) is 6.04 Å². The molecule has 0 aliphatic carbocycles. The van der Waals surface area contributed by atoms with Crippen LogP contribution in [0.15, 0.2) is 49.1 Å². The molecule has 1 atom stereocenters. The van der Waals surface area contributed by atoms with E-state index in [-0.39, 0.29) is 0 Å². The molecule has 0 bridgehead atoms. The number of rotatable bonds is 7. The third-order valence-corrected chi connectivity index (χ3v) is 3.09. The fourth-order valence-electron chi connectivity index (χ4n) is 2.16. The van der Waals surface area contributed by atoms with Gasteiger partial charge in [0.2, 0.25) is 0 Å². The minimum atomic E-state index is 0.373. The van der Waals surface area contributed by atoms with Crippen LogP contribution in [-0.4, -0.2) is 22.6 Å². The van der Waals surface area contributed by atoms with Crippen LogP contribution in [0.1, 0.15) is 31.4 Å². The molecule has 96 valence electrons. The first kappa shape index (κ1) is 12.8. The van der Waals surface area contributed by atoms with E-state index in [1.54, 1.807) is 0 Å². The zero-order chi connectivity index (χ0) is 12.6. The van der Waals surface area contributed by atoms with Crippen molar-refractivity contribution < 1.29 is 0 Å². The van der Waals surface area contributed by atoms with Gasteiger partial charge in [-0.1, -0.05) is 37.3 Å². The Morgan fingerprint density at radius 1 is 1.22 bits per heavy atom.